The van der Waals surface area contributed by atoms with Gasteiger partial charge in [0, 0.05) is 0 Å². The van der Waals surface area contributed by atoms with E-state index in [-0.39, 0.29) is 22.8 Å². The van der Waals surface area contributed by atoms with Crippen molar-refractivity contribution in [3.8, 4) is 0 Å². The molecular formula is C3H12AlO. The van der Waals surface area contributed by atoms with E-state index in [1.165, 1.54) is 6.42 Å². The Kier molecular flexibility index (Phi) is 87.8. The topological polar surface area (TPSA) is 31.5 Å². The highest BCUT2D eigenvalue weighted by molar-refractivity contribution is 5.75. The van der Waals surface area contributed by atoms with Crippen molar-refractivity contribution in [3.63, 3.8) is 0 Å². The minimum absolute atomic E-state index is 0. The number of hydrogen-bond donors (Lipinski definition) is 0. The lowest BCUT2D eigenvalue weighted by Crippen LogP contribution is -1.27. The van der Waals surface area contributed by atoms with Crippen LogP contribution in [-0.2, 0) is 0 Å². The van der Waals surface area contributed by atoms with Gasteiger partial charge in [-0.2, -0.15) is 0 Å². The molecule has 2 N–H and O–H groups in total. The molecule has 0 amide bonds. The standard InChI is InChI=1S/C3H8.Al.H2O.2H/c1-3-2;;;;/h3H2,1-2H3;;1H2;;. The molecule has 0 heterocycles. The largest absolute Gasteiger partial charge is 0.412 e. The van der Waals surface area contributed by atoms with Gasteiger partial charge in [-0.25, -0.2) is 0 Å². The average molecular weight is 91.1 g/mol. The Hall–Kier alpha value is 0.492. The molecule has 0 aliphatic carbocycles. The molecule has 0 rings (SSSR count). The summed E-state index contributed by atoms with van der Waals surface area (Å²) in [4.78, 5) is 0. The summed E-state index contributed by atoms with van der Waals surface area (Å²) < 4.78 is 0. The van der Waals surface area contributed by atoms with Crippen molar-refractivity contribution >= 4 is 17.4 Å². The Bertz CT molecular complexity index is 6.85. The zero-order chi connectivity index (χ0) is 2.71. The third-order valence-electron chi connectivity index (χ3n) is 0. The lowest BCUT2D eigenvalue weighted by molar-refractivity contribution is 0.824. The molecule has 0 unspecified atom stereocenters. The van der Waals surface area contributed by atoms with E-state index in [1.807, 2.05) is 0 Å². The van der Waals surface area contributed by atoms with E-state index >= 15 is 0 Å². The monoisotopic (exact) mass is 91.1 g/mol. The van der Waals surface area contributed by atoms with Gasteiger partial charge in [-0.1, -0.05) is 20.3 Å². The summed E-state index contributed by atoms with van der Waals surface area (Å²) in [6.45, 7) is 4.25. The third kappa shape index (κ3) is 115. The Labute approximate surface area is 43.8 Å². The van der Waals surface area contributed by atoms with Gasteiger partial charge < -0.3 is 5.48 Å². The van der Waals surface area contributed by atoms with E-state index in [9.17, 15) is 0 Å². The molecule has 0 bridgehead atoms. The minimum Gasteiger partial charge on any atom is -0.412 e. The van der Waals surface area contributed by atoms with Crippen LogP contribution in [0.4, 0.5) is 0 Å². The second kappa shape index (κ2) is 24.6. The fourth-order valence-corrected chi connectivity index (χ4v) is 0. The van der Waals surface area contributed by atoms with Crippen LogP contribution >= 0.6 is 0 Å². The van der Waals surface area contributed by atoms with Crippen molar-refractivity contribution < 1.29 is 5.48 Å². The van der Waals surface area contributed by atoms with Gasteiger partial charge in [-0.3, -0.25) is 0 Å². The smallest absolute Gasteiger partial charge is 0.146 e. The van der Waals surface area contributed by atoms with Crippen molar-refractivity contribution in [2.75, 3.05) is 0 Å². The maximum absolute atomic E-state index is 2.12. The molecule has 0 saturated heterocycles. The molecule has 0 aromatic carbocycles. The van der Waals surface area contributed by atoms with Gasteiger partial charge in [0.1, 0.15) is 17.4 Å². The van der Waals surface area contributed by atoms with Crippen LogP contribution in [0.15, 0.2) is 0 Å². The summed E-state index contributed by atoms with van der Waals surface area (Å²) in [7, 11) is 0. The van der Waals surface area contributed by atoms with Crippen molar-refractivity contribution in [1.29, 1.82) is 0 Å². The predicted octanol–water partition coefficient (Wildman–Crippen LogP) is -0.325. The van der Waals surface area contributed by atoms with Gasteiger partial charge in [0.05, 0.1) is 0 Å². The van der Waals surface area contributed by atoms with Crippen LogP contribution in [0.1, 0.15) is 20.3 Å². The molecule has 0 aromatic rings. The third-order valence-corrected chi connectivity index (χ3v) is 0. The fourth-order valence-electron chi connectivity index (χ4n) is 0. The van der Waals surface area contributed by atoms with Crippen LogP contribution in [0.3, 0.4) is 0 Å². The summed E-state index contributed by atoms with van der Waals surface area (Å²) in [5.41, 5.74) is 0. The molecule has 0 atom stereocenters. The number of hydrogen-bond acceptors (Lipinski definition) is 0. The number of rotatable bonds is 0. The second-order valence-electron chi connectivity index (χ2n) is 0.707. The molecule has 0 spiro atoms. The first-order chi connectivity index (χ1) is 1.41. The van der Waals surface area contributed by atoms with Gasteiger partial charge in [0.25, 0.3) is 0 Å². The molecule has 0 aliphatic heterocycles. The minimum atomic E-state index is 0. The summed E-state index contributed by atoms with van der Waals surface area (Å²) in [6, 6.07) is 0. The summed E-state index contributed by atoms with van der Waals surface area (Å²) >= 11 is 0. The van der Waals surface area contributed by atoms with Gasteiger partial charge in [-0.15, -0.1) is 0 Å². The SMILES string of the molecule is CCC.O.[AlH2]. The van der Waals surface area contributed by atoms with E-state index in [0.29, 0.717) is 0 Å². The molecule has 2 heteroatoms. The molecule has 0 aromatic heterocycles. The van der Waals surface area contributed by atoms with Crippen LogP contribution < -0.4 is 0 Å². The predicted molar refractivity (Wildman–Crippen MR) is 28.1 cm³/mol. The Morgan fingerprint density at radius 2 is 1.20 bits per heavy atom. The molecule has 0 saturated carbocycles. The zero-order valence-corrected chi connectivity index (χ0v) is 6.21. The van der Waals surface area contributed by atoms with Crippen LogP contribution in [0.5, 0.6) is 0 Å². The molecule has 1 nitrogen and oxygen atoms in total. The highest BCUT2D eigenvalue weighted by Gasteiger charge is 1.35. The zero-order valence-electron chi connectivity index (χ0n) is 4.21. The van der Waals surface area contributed by atoms with Crippen molar-refractivity contribution in [1.82, 2.24) is 0 Å². The first kappa shape index (κ1) is 17.8. The van der Waals surface area contributed by atoms with Gasteiger partial charge >= 0.3 is 0 Å². The fraction of sp³-hybridized carbons (Fsp3) is 1.00. The second-order valence-corrected chi connectivity index (χ2v) is 0.707. The molecule has 33 valence electrons. The molecule has 5 heavy (non-hydrogen) atoms. The quantitative estimate of drug-likeness (QED) is 0.366. The Morgan fingerprint density at radius 1 is 1.20 bits per heavy atom. The van der Waals surface area contributed by atoms with Crippen molar-refractivity contribution in [3.05, 3.63) is 0 Å². The Morgan fingerprint density at radius 3 is 1.20 bits per heavy atom. The highest BCUT2D eigenvalue weighted by Crippen LogP contribution is 1.56. The van der Waals surface area contributed by atoms with E-state index in [1.54, 1.807) is 0 Å². The molecule has 0 aliphatic rings. The maximum Gasteiger partial charge on any atom is 0.146 e. The van der Waals surface area contributed by atoms with Gasteiger partial charge in [0.2, 0.25) is 0 Å². The van der Waals surface area contributed by atoms with E-state index in [4.69, 9.17) is 0 Å². The summed E-state index contributed by atoms with van der Waals surface area (Å²) in [5.74, 6) is 0. The first-order valence-corrected chi connectivity index (χ1v) is 1.41. The lowest BCUT2D eigenvalue weighted by atomic mass is 10.6. The highest BCUT2D eigenvalue weighted by atomic mass is 27.0. The van der Waals surface area contributed by atoms with Crippen molar-refractivity contribution in [2.24, 2.45) is 0 Å². The maximum atomic E-state index is 2.12. The molecular weight excluding hydrogens is 79.0 g/mol. The lowest BCUT2D eigenvalue weighted by Gasteiger charge is -1.48. The molecule has 1 radical (unpaired) electrons. The van der Waals surface area contributed by atoms with Crippen LogP contribution in [-0.4, -0.2) is 22.8 Å². The van der Waals surface area contributed by atoms with Crippen LogP contribution in [0.25, 0.3) is 0 Å². The van der Waals surface area contributed by atoms with Crippen LogP contribution in [0.2, 0.25) is 0 Å². The summed E-state index contributed by atoms with van der Waals surface area (Å²) in [6.07, 6.45) is 1.25. The van der Waals surface area contributed by atoms with Crippen LogP contribution in [0, 0.1) is 0 Å². The summed E-state index contributed by atoms with van der Waals surface area (Å²) in [5, 5.41) is 0. The average Bonchev–Trinajstić information content (AvgIpc) is 0.918. The molecule has 0 fully saturated rings. The normalized spacial score (nSPS) is 3.60. The van der Waals surface area contributed by atoms with E-state index in [2.05, 4.69) is 13.8 Å². The van der Waals surface area contributed by atoms with E-state index in [0.717, 1.165) is 0 Å². The Balaban J connectivity index is -0.0000000200. The van der Waals surface area contributed by atoms with E-state index < -0.39 is 0 Å². The van der Waals surface area contributed by atoms with Gasteiger partial charge in [-0.05, 0) is 0 Å². The first-order valence-electron chi connectivity index (χ1n) is 1.41. The van der Waals surface area contributed by atoms with Gasteiger partial charge in [0.15, 0.2) is 0 Å². The van der Waals surface area contributed by atoms with Crippen molar-refractivity contribution in [2.45, 2.75) is 20.3 Å².